The third kappa shape index (κ3) is 5.63. The Morgan fingerprint density at radius 1 is 1.11 bits per heavy atom. The van der Waals surface area contributed by atoms with E-state index < -0.39 is 0 Å². The van der Waals surface area contributed by atoms with Gasteiger partial charge < -0.3 is 14.6 Å². The van der Waals surface area contributed by atoms with Crippen LogP contribution in [0, 0.1) is 5.92 Å². The lowest BCUT2D eigenvalue weighted by Crippen LogP contribution is -2.34. The second-order valence-electron chi connectivity index (χ2n) is 11.1. The number of nitrogens with one attached hydrogen (secondary N) is 1. The standard InChI is InChI=1S/C30H36N4O3/c1-36-28(35)24-9-7-22(8-10-24)19-34-15-11-21(12-16-34)17-27-32-29(33-37-27)30(13-14-30)20-31-26-18-25(26)23-5-3-2-4-6-23/h2-10,21,25-26,31H,11-20H2,1H3/t25?,26-/m0/s1. The Morgan fingerprint density at radius 3 is 2.57 bits per heavy atom. The molecule has 2 aromatic carbocycles. The van der Waals surface area contributed by atoms with E-state index in [-0.39, 0.29) is 11.4 Å². The van der Waals surface area contributed by atoms with Crippen molar-refractivity contribution in [3.8, 4) is 0 Å². The molecule has 1 saturated heterocycles. The van der Waals surface area contributed by atoms with Crippen LogP contribution in [0.4, 0.5) is 0 Å². The van der Waals surface area contributed by atoms with E-state index in [2.05, 4.69) is 45.7 Å². The number of piperidine rings is 1. The van der Waals surface area contributed by atoms with Crippen molar-refractivity contribution in [3.05, 3.63) is 83.0 Å². The van der Waals surface area contributed by atoms with Crippen LogP contribution in [0.3, 0.4) is 0 Å². The number of methoxy groups -OCH3 is 1. The van der Waals surface area contributed by atoms with Crippen molar-refractivity contribution < 1.29 is 14.1 Å². The molecule has 2 heterocycles. The van der Waals surface area contributed by atoms with Crippen molar-refractivity contribution in [3.63, 3.8) is 0 Å². The summed E-state index contributed by atoms with van der Waals surface area (Å²) in [5.41, 5.74) is 3.32. The van der Waals surface area contributed by atoms with Gasteiger partial charge in [0.1, 0.15) is 0 Å². The second-order valence-corrected chi connectivity index (χ2v) is 11.1. The quantitative estimate of drug-likeness (QED) is 0.411. The van der Waals surface area contributed by atoms with E-state index in [0.717, 1.165) is 70.0 Å². The summed E-state index contributed by atoms with van der Waals surface area (Å²) in [5, 5.41) is 8.20. The minimum Gasteiger partial charge on any atom is -0.465 e. The molecule has 7 nitrogen and oxygen atoms in total. The zero-order valence-corrected chi connectivity index (χ0v) is 21.6. The van der Waals surface area contributed by atoms with E-state index in [4.69, 9.17) is 14.2 Å². The first-order chi connectivity index (χ1) is 18.1. The lowest BCUT2D eigenvalue weighted by Gasteiger charge is -2.31. The molecular formula is C30H36N4O3. The maximum absolute atomic E-state index is 11.6. The molecule has 0 spiro atoms. The molecule has 2 saturated carbocycles. The van der Waals surface area contributed by atoms with Gasteiger partial charge in [-0.2, -0.15) is 4.98 Å². The Kier molecular flexibility index (Phi) is 6.82. The third-order valence-electron chi connectivity index (χ3n) is 8.47. The number of hydrogen-bond donors (Lipinski definition) is 1. The van der Waals surface area contributed by atoms with Crippen LogP contribution in [0.5, 0.6) is 0 Å². The van der Waals surface area contributed by atoms with Crippen molar-refractivity contribution >= 4 is 5.97 Å². The number of likely N-dealkylation sites (tertiary alicyclic amines) is 1. The maximum atomic E-state index is 11.6. The largest absolute Gasteiger partial charge is 0.465 e. The number of esters is 1. The van der Waals surface area contributed by atoms with Gasteiger partial charge in [-0.25, -0.2) is 4.79 Å². The van der Waals surface area contributed by atoms with Crippen molar-refractivity contribution in [2.45, 2.75) is 62.4 Å². The number of carbonyl (C=O) groups excluding carboxylic acids is 1. The summed E-state index contributed by atoms with van der Waals surface area (Å²) in [6.07, 6.45) is 6.63. The van der Waals surface area contributed by atoms with Gasteiger partial charge in [0.05, 0.1) is 12.7 Å². The predicted octanol–water partition coefficient (Wildman–Crippen LogP) is 4.49. The van der Waals surface area contributed by atoms with Crippen LogP contribution in [-0.4, -0.2) is 53.8 Å². The summed E-state index contributed by atoms with van der Waals surface area (Å²) in [7, 11) is 1.41. The van der Waals surface area contributed by atoms with Crippen molar-refractivity contribution in [1.29, 1.82) is 0 Å². The first-order valence-corrected chi connectivity index (χ1v) is 13.6. The number of rotatable bonds is 10. The van der Waals surface area contributed by atoms with Gasteiger partial charge in [-0.3, -0.25) is 4.90 Å². The first-order valence-electron chi connectivity index (χ1n) is 13.6. The topological polar surface area (TPSA) is 80.5 Å². The third-order valence-corrected chi connectivity index (χ3v) is 8.47. The smallest absolute Gasteiger partial charge is 0.337 e. The van der Waals surface area contributed by atoms with Gasteiger partial charge in [-0.05, 0) is 74.4 Å². The van der Waals surface area contributed by atoms with Crippen molar-refractivity contribution in [2.24, 2.45) is 5.92 Å². The molecule has 3 aliphatic rings. The molecular weight excluding hydrogens is 464 g/mol. The molecule has 1 N–H and O–H groups in total. The molecule has 0 amide bonds. The Morgan fingerprint density at radius 2 is 1.86 bits per heavy atom. The number of hydrogen-bond acceptors (Lipinski definition) is 7. The molecule has 1 aromatic heterocycles. The molecule has 1 unspecified atom stereocenters. The molecule has 194 valence electrons. The molecule has 0 radical (unpaired) electrons. The number of nitrogens with zero attached hydrogens (tertiary/aromatic N) is 3. The number of carbonyl (C=O) groups is 1. The van der Waals surface area contributed by atoms with Crippen LogP contribution in [0.15, 0.2) is 59.1 Å². The zero-order chi connectivity index (χ0) is 25.2. The predicted molar refractivity (Wildman–Crippen MR) is 140 cm³/mol. The summed E-state index contributed by atoms with van der Waals surface area (Å²) >= 11 is 0. The zero-order valence-electron chi connectivity index (χ0n) is 21.6. The summed E-state index contributed by atoms with van der Waals surface area (Å²) < 4.78 is 10.5. The van der Waals surface area contributed by atoms with Crippen LogP contribution >= 0.6 is 0 Å². The van der Waals surface area contributed by atoms with E-state index in [1.807, 2.05) is 24.3 Å². The van der Waals surface area contributed by atoms with E-state index in [9.17, 15) is 4.79 Å². The van der Waals surface area contributed by atoms with E-state index >= 15 is 0 Å². The fourth-order valence-corrected chi connectivity index (χ4v) is 5.72. The van der Waals surface area contributed by atoms with E-state index in [0.29, 0.717) is 23.4 Å². The van der Waals surface area contributed by atoms with Gasteiger partial charge in [0.15, 0.2) is 5.82 Å². The van der Waals surface area contributed by atoms with Crippen LogP contribution in [0.1, 0.15) is 71.2 Å². The Balaban J connectivity index is 0.952. The molecule has 7 heteroatoms. The molecule has 2 aliphatic carbocycles. The lowest BCUT2D eigenvalue weighted by atomic mass is 9.93. The highest BCUT2D eigenvalue weighted by atomic mass is 16.5. The van der Waals surface area contributed by atoms with Crippen molar-refractivity contribution in [2.75, 3.05) is 26.7 Å². The fraction of sp³-hybridized carbons (Fsp3) is 0.500. The molecule has 1 aliphatic heterocycles. The molecule has 3 fully saturated rings. The van der Waals surface area contributed by atoms with Crippen LogP contribution < -0.4 is 5.32 Å². The summed E-state index contributed by atoms with van der Waals surface area (Å²) in [6.45, 7) is 3.96. The first kappa shape index (κ1) is 24.3. The highest BCUT2D eigenvalue weighted by Crippen LogP contribution is 2.48. The fourth-order valence-electron chi connectivity index (χ4n) is 5.72. The molecule has 2 atom stereocenters. The van der Waals surface area contributed by atoms with Crippen LogP contribution in [-0.2, 0) is 23.1 Å². The minimum atomic E-state index is -0.292. The van der Waals surface area contributed by atoms with Crippen LogP contribution in [0.2, 0.25) is 0 Å². The normalized spacial score (nSPS) is 23.1. The molecule has 37 heavy (non-hydrogen) atoms. The SMILES string of the molecule is COC(=O)c1ccc(CN2CCC(Cc3nc(C4(CN[C@H]5CC5c5ccccc5)CC4)no3)CC2)cc1. The molecule has 6 rings (SSSR count). The number of benzene rings is 2. The van der Waals surface area contributed by atoms with E-state index in [1.54, 1.807) is 0 Å². The summed E-state index contributed by atoms with van der Waals surface area (Å²) in [4.78, 5) is 19.0. The number of aromatic nitrogens is 2. The summed E-state index contributed by atoms with van der Waals surface area (Å²) in [5.74, 6) is 2.63. The van der Waals surface area contributed by atoms with Gasteiger partial charge in [0, 0.05) is 36.9 Å². The average Bonchev–Trinajstić information content (AvgIpc) is 3.86. The van der Waals surface area contributed by atoms with Crippen LogP contribution in [0.25, 0.3) is 0 Å². The van der Waals surface area contributed by atoms with Gasteiger partial charge in [-0.1, -0.05) is 47.6 Å². The van der Waals surface area contributed by atoms with E-state index in [1.165, 1.54) is 24.7 Å². The molecule has 0 bridgehead atoms. The minimum absolute atomic E-state index is 0.0678. The van der Waals surface area contributed by atoms with Gasteiger partial charge in [0.2, 0.25) is 5.89 Å². The maximum Gasteiger partial charge on any atom is 0.337 e. The van der Waals surface area contributed by atoms with Gasteiger partial charge >= 0.3 is 5.97 Å². The Bertz CT molecular complexity index is 1200. The summed E-state index contributed by atoms with van der Waals surface area (Å²) in [6, 6.07) is 19.1. The highest BCUT2D eigenvalue weighted by Gasteiger charge is 2.50. The van der Waals surface area contributed by atoms with Gasteiger partial charge in [0.25, 0.3) is 0 Å². The Hall–Kier alpha value is -3.03. The average molecular weight is 501 g/mol. The molecule has 3 aromatic rings. The number of ether oxygens (including phenoxy) is 1. The highest BCUT2D eigenvalue weighted by molar-refractivity contribution is 5.89. The Labute approximate surface area is 218 Å². The van der Waals surface area contributed by atoms with Crippen molar-refractivity contribution in [1.82, 2.24) is 20.4 Å². The second kappa shape index (κ2) is 10.4. The van der Waals surface area contributed by atoms with Gasteiger partial charge in [-0.15, -0.1) is 0 Å². The lowest BCUT2D eigenvalue weighted by molar-refractivity contribution is 0.0600. The monoisotopic (exact) mass is 500 g/mol.